The number of rotatable bonds is 7. The second-order valence-corrected chi connectivity index (χ2v) is 5.63. The highest BCUT2D eigenvalue weighted by atomic mass is 16.5. The number of para-hydroxylation sites is 1. The number of hydrogen-bond acceptors (Lipinski definition) is 5. The molecule has 0 aliphatic rings. The molecule has 0 aliphatic carbocycles. The van der Waals surface area contributed by atoms with Crippen LogP contribution in [0.2, 0.25) is 0 Å². The van der Waals surface area contributed by atoms with Gasteiger partial charge in [0.1, 0.15) is 6.07 Å². The van der Waals surface area contributed by atoms with E-state index in [0.717, 1.165) is 0 Å². The Bertz CT molecular complexity index is 874. The van der Waals surface area contributed by atoms with Gasteiger partial charge in [-0.05, 0) is 30.3 Å². The first kappa shape index (κ1) is 19.8. The lowest BCUT2D eigenvalue weighted by Gasteiger charge is -2.22. The van der Waals surface area contributed by atoms with Gasteiger partial charge in [0, 0.05) is 25.6 Å². The van der Waals surface area contributed by atoms with Gasteiger partial charge in [-0.1, -0.05) is 12.1 Å². The van der Waals surface area contributed by atoms with Gasteiger partial charge in [0.2, 0.25) is 5.91 Å². The van der Waals surface area contributed by atoms with Gasteiger partial charge >= 0.3 is 0 Å². The van der Waals surface area contributed by atoms with Gasteiger partial charge in [-0.15, -0.1) is 0 Å². The van der Waals surface area contributed by atoms with Crippen LogP contribution in [0.4, 0.5) is 5.69 Å². The van der Waals surface area contributed by atoms with E-state index in [1.54, 1.807) is 42.5 Å². The van der Waals surface area contributed by atoms with Gasteiger partial charge in [-0.3, -0.25) is 9.59 Å². The number of amides is 2. The normalized spacial score (nSPS) is 9.85. The Kier molecular flexibility index (Phi) is 6.78. The number of nitrogens with zero attached hydrogens (tertiary/aromatic N) is 2. The Morgan fingerprint density at radius 2 is 1.81 bits per heavy atom. The fraction of sp³-hybridized carbons (Fsp3) is 0.250. The molecule has 2 rings (SSSR count). The van der Waals surface area contributed by atoms with Gasteiger partial charge in [0.25, 0.3) is 5.91 Å². The van der Waals surface area contributed by atoms with Crippen LogP contribution in [0, 0.1) is 11.3 Å². The number of hydrogen-bond donors (Lipinski definition) is 1. The molecule has 0 radical (unpaired) electrons. The van der Waals surface area contributed by atoms with Crippen molar-refractivity contribution >= 4 is 17.5 Å². The third-order valence-electron chi connectivity index (χ3n) is 3.96. The molecule has 2 amide bonds. The summed E-state index contributed by atoms with van der Waals surface area (Å²) in [5.74, 6) is 0.481. The van der Waals surface area contributed by atoms with Crippen LogP contribution in [0.15, 0.2) is 42.5 Å². The number of carbonyl (C=O) groups excluding carboxylic acids is 2. The molecular formula is C20H21N3O4. The second-order valence-electron chi connectivity index (χ2n) is 5.63. The van der Waals surface area contributed by atoms with E-state index in [-0.39, 0.29) is 24.9 Å². The molecule has 7 heteroatoms. The lowest BCUT2D eigenvalue weighted by atomic mass is 10.1. The Hall–Kier alpha value is -3.53. The second kappa shape index (κ2) is 9.25. The smallest absolute Gasteiger partial charge is 0.251 e. The standard InChI is InChI=1S/C20H21N3O4/c1-14(24)23(17-7-5-4-6-16(17)13-21)11-10-22-20(25)15-8-9-18(26-2)19(12-15)27-3/h4-9,12H,10-11H2,1-3H3,(H,22,25). The van der Waals surface area contributed by atoms with E-state index in [4.69, 9.17) is 9.47 Å². The van der Waals surface area contributed by atoms with E-state index in [9.17, 15) is 14.9 Å². The lowest BCUT2D eigenvalue weighted by Crippen LogP contribution is -2.38. The number of anilines is 1. The molecule has 7 nitrogen and oxygen atoms in total. The quantitative estimate of drug-likeness (QED) is 0.811. The first-order chi connectivity index (χ1) is 13.0. The molecule has 27 heavy (non-hydrogen) atoms. The van der Waals surface area contributed by atoms with Crippen molar-refractivity contribution in [3.05, 3.63) is 53.6 Å². The Morgan fingerprint density at radius 3 is 2.44 bits per heavy atom. The summed E-state index contributed by atoms with van der Waals surface area (Å²) < 4.78 is 10.3. The van der Waals surface area contributed by atoms with Crippen LogP contribution < -0.4 is 19.7 Å². The first-order valence-electron chi connectivity index (χ1n) is 8.29. The zero-order chi connectivity index (χ0) is 19.8. The lowest BCUT2D eigenvalue weighted by molar-refractivity contribution is -0.116. The molecular weight excluding hydrogens is 346 g/mol. The third kappa shape index (κ3) is 4.76. The fourth-order valence-electron chi connectivity index (χ4n) is 2.61. The topological polar surface area (TPSA) is 91.7 Å². The minimum absolute atomic E-state index is 0.210. The number of methoxy groups -OCH3 is 2. The Morgan fingerprint density at radius 1 is 1.11 bits per heavy atom. The highest BCUT2D eigenvalue weighted by Crippen LogP contribution is 2.27. The summed E-state index contributed by atoms with van der Waals surface area (Å²) in [5.41, 5.74) is 1.34. The molecule has 0 aromatic heterocycles. The number of benzene rings is 2. The van der Waals surface area contributed by atoms with Gasteiger partial charge in [-0.2, -0.15) is 5.26 Å². The summed E-state index contributed by atoms with van der Waals surface area (Å²) in [5, 5.41) is 12.0. The van der Waals surface area contributed by atoms with Gasteiger partial charge in [0.05, 0.1) is 25.5 Å². The highest BCUT2D eigenvalue weighted by molar-refractivity contribution is 5.95. The molecule has 2 aromatic carbocycles. The molecule has 0 saturated heterocycles. The molecule has 0 heterocycles. The average molecular weight is 367 g/mol. The maximum absolute atomic E-state index is 12.4. The van der Waals surface area contributed by atoms with Gasteiger partial charge in [0.15, 0.2) is 11.5 Å². The van der Waals surface area contributed by atoms with E-state index >= 15 is 0 Å². The Labute approximate surface area is 158 Å². The van der Waals surface area contributed by atoms with Crippen molar-refractivity contribution in [3.63, 3.8) is 0 Å². The summed E-state index contributed by atoms with van der Waals surface area (Å²) in [6.45, 7) is 1.89. The van der Waals surface area contributed by atoms with Crippen LogP contribution in [-0.2, 0) is 4.79 Å². The summed E-state index contributed by atoms with van der Waals surface area (Å²) in [7, 11) is 3.02. The van der Waals surface area contributed by atoms with E-state index in [1.807, 2.05) is 0 Å². The monoisotopic (exact) mass is 367 g/mol. The summed E-state index contributed by atoms with van der Waals surface area (Å²) in [6.07, 6.45) is 0. The minimum atomic E-state index is -0.298. The predicted molar refractivity (Wildman–Crippen MR) is 101 cm³/mol. The largest absolute Gasteiger partial charge is 0.493 e. The number of nitriles is 1. The van der Waals surface area contributed by atoms with Crippen molar-refractivity contribution in [2.24, 2.45) is 0 Å². The molecule has 0 spiro atoms. The molecule has 0 fully saturated rings. The van der Waals surface area contributed by atoms with Crippen molar-refractivity contribution in [3.8, 4) is 17.6 Å². The maximum Gasteiger partial charge on any atom is 0.251 e. The maximum atomic E-state index is 12.4. The molecule has 0 unspecified atom stereocenters. The van der Waals surface area contributed by atoms with Gasteiger partial charge < -0.3 is 19.7 Å². The first-order valence-corrected chi connectivity index (χ1v) is 8.29. The molecule has 0 bridgehead atoms. The molecule has 1 N–H and O–H groups in total. The molecule has 0 saturated carbocycles. The summed E-state index contributed by atoms with van der Waals surface area (Å²) in [6, 6.07) is 13.8. The third-order valence-corrected chi connectivity index (χ3v) is 3.96. The van der Waals surface area contributed by atoms with Crippen LogP contribution in [0.5, 0.6) is 11.5 Å². The van der Waals surface area contributed by atoms with E-state index < -0.39 is 0 Å². The predicted octanol–water partition coefficient (Wildman–Crippen LogP) is 2.36. The number of nitrogens with one attached hydrogen (secondary N) is 1. The van der Waals surface area contributed by atoms with Crippen molar-refractivity contribution in [1.29, 1.82) is 5.26 Å². The highest BCUT2D eigenvalue weighted by Gasteiger charge is 2.16. The zero-order valence-electron chi connectivity index (χ0n) is 15.5. The van der Waals surface area contributed by atoms with E-state index in [2.05, 4.69) is 11.4 Å². The van der Waals surface area contributed by atoms with Crippen LogP contribution in [-0.4, -0.2) is 39.1 Å². The minimum Gasteiger partial charge on any atom is -0.493 e. The number of ether oxygens (including phenoxy) is 2. The number of carbonyl (C=O) groups is 2. The fourth-order valence-corrected chi connectivity index (χ4v) is 2.61. The zero-order valence-corrected chi connectivity index (χ0v) is 15.5. The molecule has 140 valence electrons. The summed E-state index contributed by atoms with van der Waals surface area (Å²) in [4.78, 5) is 25.8. The SMILES string of the molecule is COc1ccc(C(=O)NCCN(C(C)=O)c2ccccc2C#N)cc1OC. The molecule has 0 atom stereocenters. The molecule has 2 aromatic rings. The van der Waals surface area contributed by atoms with Gasteiger partial charge in [-0.25, -0.2) is 0 Å². The molecule has 0 aliphatic heterocycles. The van der Waals surface area contributed by atoms with E-state index in [0.29, 0.717) is 28.3 Å². The Balaban J connectivity index is 2.06. The van der Waals surface area contributed by atoms with Crippen molar-refractivity contribution in [2.75, 3.05) is 32.2 Å². The van der Waals surface area contributed by atoms with Crippen LogP contribution in [0.1, 0.15) is 22.8 Å². The van der Waals surface area contributed by atoms with E-state index in [1.165, 1.54) is 26.0 Å². The van der Waals surface area contributed by atoms with Crippen molar-refractivity contribution in [1.82, 2.24) is 5.32 Å². The van der Waals surface area contributed by atoms with Crippen molar-refractivity contribution < 1.29 is 19.1 Å². The average Bonchev–Trinajstić information content (AvgIpc) is 2.70. The van der Waals surface area contributed by atoms with Crippen LogP contribution in [0.3, 0.4) is 0 Å². The van der Waals surface area contributed by atoms with Crippen LogP contribution in [0.25, 0.3) is 0 Å². The van der Waals surface area contributed by atoms with Crippen molar-refractivity contribution in [2.45, 2.75) is 6.92 Å². The summed E-state index contributed by atoms with van der Waals surface area (Å²) >= 11 is 0. The van der Waals surface area contributed by atoms with Crippen LogP contribution >= 0.6 is 0 Å².